The van der Waals surface area contributed by atoms with E-state index in [-0.39, 0.29) is 9.92 Å². The van der Waals surface area contributed by atoms with E-state index in [1.807, 2.05) is 13.0 Å². The molecule has 0 aliphatic carbocycles. The van der Waals surface area contributed by atoms with Crippen molar-refractivity contribution in [3.63, 3.8) is 0 Å². The zero-order valence-electron chi connectivity index (χ0n) is 16.6. The molecule has 1 aromatic heterocycles. The van der Waals surface area contributed by atoms with Crippen LogP contribution in [0.4, 0.5) is 16.2 Å². The fourth-order valence-corrected chi connectivity index (χ4v) is 5.24. The normalized spacial score (nSPS) is 18.6. The Balaban J connectivity index is 1.48. The van der Waals surface area contributed by atoms with Crippen molar-refractivity contribution >= 4 is 33.4 Å². The number of ether oxygens (including phenoxy) is 1. The standard InChI is InChI=1S/C19H23ClFN5O3S/c1-14-12-18(23-19(22-14)25-8-10-29-11-9-25)24-4-6-26(7-5-24)30(27,28)15-2-3-17(21)16(20)13-15/h2-3,12-13H,4-11H2,1H3. The summed E-state index contributed by atoms with van der Waals surface area (Å²) in [7, 11) is -3.74. The summed E-state index contributed by atoms with van der Waals surface area (Å²) in [5.41, 5.74) is 0.859. The molecule has 0 spiro atoms. The van der Waals surface area contributed by atoms with E-state index in [1.165, 1.54) is 10.4 Å². The van der Waals surface area contributed by atoms with Crippen LogP contribution in [0.5, 0.6) is 0 Å². The molecular weight excluding hydrogens is 433 g/mol. The quantitative estimate of drug-likeness (QED) is 0.696. The van der Waals surface area contributed by atoms with Crippen molar-refractivity contribution < 1.29 is 17.5 Å². The van der Waals surface area contributed by atoms with Gasteiger partial charge >= 0.3 is 0 Å². The molecular formula is C19H23ClFN5O3S. The minimum absolute atomic E-state index is 0.00478. The molecule has 11 heteroatoms. The highest BCUT2D eigenvalue weighted by atomic mass is 35.5. The van der Waals surface area contributed by atoms with E-state index in [1.54, 1.807) is 0 Å². The van der Waals surface area contributed by atoms with E-state index in [2.05, 4.69) is 14.8 Å². The fraction of sp³-hybridized carbons (Fsp3) is 0.474. The smallest absolute Gasteiger partial charge is 0.243 e. The number of sulfonamides is 1. The number of nitrogens with zero attached hydrogens (tertiary/aromatic N) is 5. The predicted octanol–water partition coefficient (Wildman–Crippen LogP) is 1.93. The van der Waals surface area contributed by atoms with Gasteiger partial charge in [0.15, 0.2) is 0 Å². The lowest BCUT2D eigenvalue weighted by Crippen LogP contribution is -2.49. The molecule has 3 heterocycles. The minimum Gasteiger partial charge on any atom is -0.378 e. The molecule has 1 aromatic carbocycles. The first-order valence-electron chi connectivity index (χ1n) is 9.73. The van der Waals surface area contributed by atoms with Crippen LogP contribution in [-0.2, 0) is 14.8 Å². The highest BCUT2D eigenvalue weighted by molar-refractivity contribution is 7.89. The molecule has 8 nitrogen and oxygen atoms in total. The average Bonchev–Trinajstić information content (AvgIpc) is 2.76. The van der Waals surface area contributed by atoms with Crippen molar-refractivity contribution in [1.29, 1.82) is 0 Å². The highest BCUT2D eigenvalue weighted by Gasteiger charge is 2.30. The first-order valence-corrected chi connectivity index (χ1v) is 11.5. The second-order valence-electron chi connectivity index (χ2n) is 7.23. The molecule has 2 aromatic rings. The van der Waals surface area contributed by atoms with Gasteiger partial charge in [0, 0.05) is 51.0 Å². The van der Waals surface area contributed by atoms with Gasteiger partial charge in [0.2, 0.25) is 16.0 Å². The topological polar surface area (TPSA) is 78.9 Å². The summed E-state index contributed by atoms with van der Waals surface area (Å²) in [5, 5.41) is -0.207. The lowest BCUT2D eigenvalue weighted by atomic mass is 10.3. The second kappa shape index (κ2) is 8.62. The van der Waals surface area contributed by atoms with Crippen LogP contribution < -0.4 is 9.80 Å². The summed E-state index contributed by atoms with van der Waals surface area (Å²) in [6.45, 7) is 6.30. The fourth-order valence-electron chi connectivity index (χ4n) is 3.55. The SMILES string of the molecule is Cc1cc(N2CCN(S(=O)(=O)c3ccc(F)c(Cl)c3)CC2)nc(N2CCOCC2)n1. The van der Waals surface area contributed by atoms with Gasteiger partial charge in [0.05, 0.1) is 23.1 Å². The molecule has 0 bridgehead atoms. The van der Waals surface area contributed by atoms with Crippen LogP contribution in [0.25, 0.3) is 0 Å². The third-order valence-corrected chi connectivity index (χ3v) is 7.40. The summed E-state index contributed by atoms with van der Waals surface area (Å²) < 4.78 is 46.0. The van der Waals surface area contributed by atoms with Crippen LogP contribution in [0, 0.1) is 12.7 Å². The Morgan fingerprint density at radius 1 is 1.00 bits per heavy atom. The van der Waals surface area contributed by atoms with Crippen LogP contribution in [0.3, 0.4) is 0 Å². The molecule has 0 saturated carbocycles. The lowest BCUT2D eigenvalue weighted by Gasteiger charge is -2.35. The van der Waals surface area contributed by atoms with Gasteiger partial charge in [0.25, 0.3) is 0 Å². The zero-order valence-corrected chi connectivity index (χ0v) is 18.2. The molecule has 2 fully saturated rings. The molecule has 2 aliphatic rings. The molecule has 0 unspecified atom stereocenters. The van der Waals surface area contributed by atoms with Crippen molar-refractivity contribution in [2.45, 2.75) is 11.8 Å². The van der Waals surface area contributed by atoms with Gasteiger partial charge in [-0.05, 0) is 25.1 Å². The average molecular weight is 456 g/mol. The zero-order chi connectivity index (χ0) is 21.3. The van der Waals surface area contributed by atoms with Gasteiger partial charge < -0.3 is 14.5 Å². The maximum absolute atomic E-state index is 13.4. The van der Waals surface area contributed by atoms with Crippen LogP contribution in [0.1, 0.15) is 5.69 Å². The van der Waals surface area contributed by atoms with Gasteiger partial charge in [0.1, 0.15) is 11.6 Å². The van der Waals surface area contributed by atoms with Gasteiger partial charge in [-0.2, -0.15) is 9.29 Å². The minimum atomic E-state index is -3.74. The Hall–Kier alpha value is -2.01. The van der Waals surface area contributed by atoms with E-state index < -0.39 is 15.8 Å². The maximum Gasteiger partial charge on any atom is 0.243 e. The van der Waals surface area contributed by atoms with E-state index in [9.17, 15) is 12.8 Å². The molecule has 2 saturated heterocycles. The van der Waals surface area contributed by atoms with Crippen LogP contribution in [0.15, 0.2) is 29.2 Å². The number of aromatic nitrogens is 2. The lowest BCUT2D eigenvalue weighted by molar-refractivity contribution is 0.122. The largest absolute Gasteiger partial charge is 0.378 e. The van der Waals surface area contributed by atoms with Crippen molar-refractivity contribution in [3.05, 3.63) is 40.8 Å². The molecule has 0 radical (unpaired) electrons. The van der Waals surface area contributed by atoms with Gasteiger partial charge in [-0.15, -0.1) is 0 Å². The Morgan fingerprint density at radius 3 is 2.37 bits per heavy atom. The van der Waals surface area contributed by atoms with E-state index in [0.717, 1.165) is 36.7 Å². The molecule has 162 valence electrons. The number of morpholine rings is 1. The van der Waals surface area contributed by atoms with E-state index in [4.69, 9.17) is 21.3 Å². The monoisotopic (exact) mass is 455 g/mol. The molecule has 0 atom stereocenters. The van der Waals surface area contributed by atoms with Crippen molar-refractivity contribution in [2.75, 3.05) is 62.3 Å². The Bertz CT molecular complexity index is 1020. The molecule has 0 N–H and O–H groups in total. The van der Waals surface area contributed by atoms with Gasteiger partial charge in [-0.25, -0.2) is 17.8 Å². The van der Waals surface area contributed by atoms with Gasteiger partial charge in [-0.3, -0.25) is 0 Å². The molecule has 0 amide bonds. The maximum atomic E-state index is 13.4. The Labute approximate surface area is 180 Å². The number of anilines is 2. The van der Waals surface area contributed by atoms with Crippen molar-refractivity contribution in [1.82, 2.24) is 14.3 Å². The van der Waals surface area contributed by atoms with Gasteiger partial charge in [-0.1, -0.05) is 11.6 Å². The third kappa shape index (κ3) is 4.36. The summed E-state index contributed by atoms with van der Waals surface area (Å²) in [6, 6.07) is 5.38. The number of hydrogen-bond donors (Lipinski definition) is 0. The summed E-state index contributed by atoms with van der Waals surface area (Å²) in [5.74, 6) is 0.811. The summed E-state index contributed by atoms with van der Waals surface area (Å²) in [4.78, 5) is 13.4. The number of hydrogen-bond acceptors (Lipinski definition) is 7. The second-order valence-corrected chi connectivity index (χ2v) is 9.58. The van der Waals surface area contributed by atoms with Crippen LogP contribution in [-0.4, -0.2) is 75.2 Å². The number of piperazine rings is 1. The molecule has 2 aliphatic heterocycles. The van der Waals surface area contributed by atoms with E-state index >= 15 is 0 Å². The number of aryl methyl sites for hydroxylation is 1. The number of halogens is 2. The first kappa shape index (κ1) is 21.2. The predicted molar refractivity (Wildman–Crippen MR) is 112 cm³/mol. The van der Waals surface area contributed by atoms with Crippen LogP contribution in [0.2, 0.25) is 5.02 Å². The molecule has 4 rings (SSSR count). The summed E-state index contributed by atoms with van der Waals surface area (Å²) >= 11 is 5.76. The Morgan fingerprint density at radius 2 is 1.70 bits per heavy atom. The van der Waals surface area contributed by atoms with Crippen molar-refractivity contribution in [2.24, 2.45) is 0 Å². The third-order valence-electron chi connectivity index (χ3n) is 5.21. The van der Waals surface area contributed by atoms with Crippen LogP contribution >= 0.6 is 11.6 Å². The highest BCUT2D eigenvalue weighted by Crippen LogP contribution is 2.25. The summed E-state index contributed by atoms with van der Waals surface area (Å²) in [6.07, 6.45) is 0. The molecule has 30 heavy (non-hydrogen) atoms. The first-order chi connectivity index (χ1) is 14.3. The Kier molecular flexibility index (Phi) is 6.10. The number of rotatable bonds is 4. The number of benzene rings is 1. The van der Waals surface area contributed by atoms with Crippen molar-refractivity contribution in [3.8, 4) is 0 Å². The van der Waals surface area contributed by atoms with E-state index in [0.29, 0.717) is 45.3 Å².